The Morgan fingerprint density at radius 3 is 2.48 bits per heavy atom. The predicted molar refractivity (Wildman–Crippen MR) is 115 cm³/mol. The Balaban J connectivity index is 1.27. The number of carbonyl (C=O) groups is 2. The molecule has 2 amide bonds. The summed E-state index contributed by atoms with van der Waals surface area (Å²) in [4.78, 5) is 28.7. The normalized spacial score (nSPS) is 18.2. The fraction of sp³-hybridized carbons (Fsp3) is 0.417. The summed E-state index contributed by atoms with van der Waals surface area (Å²) in [7, 11) is 0. The lowest BCUT2D eigenvalue weighted by Gasteiger charge is -2.32. The van der Waals surface area contributed by atoms with E-state index in [1.165, 1.54) is 11.1 Å². The van der Waals surface area contributed by atoms with Crippen LogP contribution in [0.25, 0.3) is 0 Å². The highest BCUT2D eigenvalue weighted by atomic mass is 16.2. The van der Waals surface area contributed by atoms with Crippen molar-refractivity contribution in [3.8, 4) is 0 Å². The topological polar surface area (TPSA) is 52.7 Å². The third kappa shape index (κ3) is 4.85. The standard InChI is InChI=1S/C24H29N3O2/c1-18-4-2-5-19(16-18)17-26-14-11-21(12-15-26)25-24(29)20-7-9-22(10-8-20)27-13-3-6-23(27)28/h2,4-5,7-10,16,21H,3,6,11-15,17H2,1H3,(H,25,29). The maximum atomic E-state index is 12.6. The van der Waals surface area contributed by atoms with Crippen LogP contribution in [-0.4, -0.2) is 42.4 Å². The van der Waals surface area contributed by atoms with Crippen LogP contribution in [0.3, 0.4) is 0 Å². The SMILES string of the molecule is Cc1cccc(CN2CCC(NC(=O)c3ccc(N4CCCC4=O)cc3)CC2)c1. The Morgan fingerprint density at radius 1 is 1.07 bits per heavy atom. The van der Waals surface area contributed by atoms with Crippen molar-refractivity contribution in [2.45, 2.75) is 45.2 Å². The average Bonchev–Trinajstić information content (AvgIpc) is 3.15. The number of aryl methyl sites for hydroxylation is 1. The third-order valence-corrected chi connectivity index (χ3v) is 5.93. The van der Waals surface area contributed by atoms with Crippen molar-refractivity contribution in [2.24, 2.45) is 0 Å². The van der Waals surface area contributed by atoms with Crippen LogP contribution in [0, 0.1) is 6.92 Å². The van der Waals surface area contributed by atoms with E-state index in [2.05, 4.69) is 41.4 Å². The molecular formula is C24H29N3O2. The van der Waals surface area contributed by atoms with Gasteiger partial charge in [0.1, 0.15) is 0 Å². The van der Waals surface area contributed by atoms with Crippen LogP contribution in [-0.2, 0) is 11.3 Å². The second-order valence-electron chi connectivity index (χ2n) is 8.21. The second-order valence-corrected chi connectivity index (χ2v) is 8.21. The van der Waals surface area contributed by atoms with Gasteiger partial charge in [0.05, 0.1) is 0 Å². The summed E-state index contributed by atoms with van der Waals surface area (Å²) < 4.78 is 0. The fourth-order valence-electron chi connectivity index (χ4n) is 4.29. The first-order valence-electron chi connectivity index (χ1n) is 10.6. The van der Waals surface area contributed by atoms with Gasteiger partial charge in [-0.1, -0.05) is 29.8 Å². The first-order chi connectivity index (χ1) is 14.1. The van der Waals surface area contributed by atoms with Crippen LogP contribution < -0.4 is 10.2 Å². The number of carbonyl (C=O) groups excluding carboxylic acids is 2. The number of benzene rings is 2. The van der Waals surface area contributed by atoms with E-state index in [0.717, 1.165) is 51.1 Å². The quantitative estimate of drug-likeness (QED) is 0.849. The number of amides is 2. The number of hydrogen-bond donors (Lipinski definition) is 1. The fourth-order valence-corrected chi connectivity index (χ4v) is 4.29. The molecule has 5 nitrogen and oxygen atoms in total. The molecule has 0 aliphatic carbocycles. The molecule has 2 heterocycles. The maximum Gasteiger partial charge on any atom is 0.251 e. The molecule has 4 rings (SSSR count). The maximum absolute atomic E-state index is 12.6. The van der Waals surface area contributed by atoms with Gasteiger partial charge in [-0.05, 0) is 56.0 Å². The monoisotopic (exact) mass is 391 g/mol. The summed E-state index contributed by atoms with van der Waals surface area (Å²) in [6, 6.07) is 16.3. The Bertz CT molecular complexity index is 870. The minimum atomic E-state index is -0.0265. The van der Waals surface area contributed by atoms with Crippen LogP contribution in [0.15, 0.2) is 48.5 Å². The van der Waals surface area contributed by atoms with Crippen molar-refractivity contribution in [3.05, 3.63) is 65.2 Å². The molecule has 1 N–H and O–H groups in total. The molecule has 0 radical (unpaired) electrons. The lowest BCUT2D eigenvalue weighted by molar-refractivity contribution is -0.117. The minimum Gasteiger partial charge on any atom is -0.349 e. The molecule has 2 aliphatic heterocycles. The molecule has 0 saturated carbocycles. The van der Waals surface area contributed by atoms with Crippen LogP contribution in [0.5, 0.6) is 0 Å². The van der Waals surface area contributed by atoms with Crippen molar-refractivity contribution < 1.29 is 9.59 Å². The Hall–Kier alpha value is -2.66. The Labute approximate surface area is 172 Å². The Kier molecular flexibility index (Phi) is 5.95. The molecule has 2 saturated heterocycles. The summed E-state index contributed by atoms with van der Waals surface area (Å²) in [5.41, 5.74) is 4.19. The molecule has 29 heavy (non-hydrogen) atoms. The predicted octanol–water partition coefficient (Wildman–Crippen LogP) is 3.52. The second kappa shape index (κ2) is 8.78. The third-order valence-electron chi connectivity index (χ3n) is 5.93. The molecule has 152 valence electrons. The number of rotatable bonds is 5. The highest BCUT2D eigenvalue weighted by molar-refractivity contribution is 5.97. The van der Waals surface area contributed by atoms with E-state index in [-0.39, 0.29) is 17.9 Å². The molecule has 2 aliphatic rings. The van der Waals surface area contributed by atoms with Crippen LogP contribution >= 0.6 is 0 Å². The van der Waals surface area contributed by atoms with Crippen molar-refractivity contribution in [1.82, 2.24) is 10.2 Å². The van der Waals surface area contributed by atoms with Crippen molar-refractivity contribution >= 4 is 17.5 Å². The zero-order valence-electron chi connectivity index (χ0n) is 17.1. The molecule has 2 aromatic carbocycles. The van der Waals surface area contributed by atoms with E-state index in [1.54, 1.807) is 4.90 Å². The van der Waals surface area contributed by atoms with Gasteiger partial charge in [-0.2, -0.15) is 0 Å². The van der Waals surface area contributed by atoms with Gasteiger partial charge in [-0.25, -0.2) is 0 Å². The molecule has 0 unspecified atom stereocenters. The number of likely N-dealkylation sites (tertiary alicyclic amines) is 1. The first-order valence-corrected chi connectivity index (χ1v) is 10.6. The number of anilines is 1. The van der Waals surface area contributed by atoms with Gasteiger partial charge in [-0.3, -0.25) is 14.5 Å². The molecular weight excluding hydrogens is 362 g/mol. The molecule has 0 aromatic heterocycles. The summed E-state index contributed by atoms with van der Waals surface area (Å²) in [6.45, 7) is 5.86. The number of hydrogen-bond acceptors (Lipinski definition) is 3. The van der Waals surface area contributed by atoms with Gasteiger partial charge >= 0.3 is 0 Å². The molecule has 0 atom stereocenters. The van der Waals surface area contributed by atoms with Gasteiger partial charge in [0.15, 0.2) is 0 Å². The van der Waals surface area contributed by atoms with Gasteiger partial charge < -0.3 is 10.2 Å². The first kappa shape index (κ1) is 19.6. The van der Waals surface area contributed by atoms with E-state index in [4.69, 9.17) is 0 Å². The van der Waals surface area contributed by atoms with Gasteiger partial charge in [0.2, 0.25) is 5.91 Å². The number of piperidine rings is 1. The van der Waals surface area contributed by atoms with E-state index in [1.807, 2.05) is 24.3 Å². The number of nitrogens with zero attached hydrogens (tertiary/aromatic N) is 2. The zero-order valence-corrected chi connectivity index (χ0v) is 17.1. The summed E-state index contributed by atoms with van der Waals surface area (Å²) >= 11 is 0. The van der Waals surface area contributed by atoms with Crippen LogP contribution in [0.2, 0.25) is 0 Å². The van der Waals surface area contributed by atoms with Gasteiger partial charge in [-0.15, -0.1) is 0 Å². The van der Waals surface area contributed by atoms with Crippen molar-refractivity contribution in [1.29, 1.82) is 0 Å². The molecule has 0 bridgehead atoms. The zero-order chi connectivity index (χ0) is 20.2. The smallest absolute Gasteiger partial charge is 0.251 e. The highest BCUT2D eigenvalue weighted by Gasteiger charge is 2.23. The Morgan fingerprint density at radius 2 is 1.83 bits per heavy atom. The largest absolute Gasteiger partial charge is 0.349 e. The van der Waals surface area contributed by atoms with Crippen molar-refractivity contribution in [2.75, 3.05) is 24.5 Å². The highest BCUT2D eigenvalue weighted by Crippen LogP contribution is 2.22. The van der Waals surface area contributed by atoms with E-state index < -0.39 is 0 Å². The van der Waals surface area contributed by atoms with Crippen LogP contribution in [0.4, 0.5) is 5.69 Å². The van der Waals surface area contributed by atoms with E-state index >= 15 is 0 Å². The summed E-state index contributed by atoms with van der Waals surface area (Å²) in [5.74, 6) is 0.140. The van der Waals surface area contributed by atoms with Crippen LogP contribution in [0.1, 0.15) is 47.2 Å². The lowest BCUT2D eigenvalue weighted by atomic mass is 10.0. The van der Waals surface area contributed by atoms with E-state index in [0.29, 0.717) is 12.0 Å². The molecule has 5 heteroatoms. The summed E-state index contributed by atoms with van der Waals surface area (Å²) in [5, 5.41) is 3.18. The minimum absolute atomic E-state index is 0.0265. The van der Waals surface area contributed by atoms with E-state index in [9.17, 15) is 9.59 Å². The van der Waals surface area contributed by atoms with Gasteiger partial charge in [0.25, 0.3) is 5.91 Å². The van der Waals surface area contributed by atoms with Crippen molar-refractivity contribution in [3.63, 3.8) is 0 Å². The number of nitrogens with one attached hydrogen (secondary N) is 1. The lowest BCUT2D eigenvalue weighted by Crippen LogP contribution is -2.44. The van der Waals surface area contributed by atoms with Gasteiger partial charge in [0, 0.05) is 49.9 Å². The average molecular weight is 392 g/mol. The summed E-state index contributed by atoms with van der Waals surface area (Å²) in [6.07, 6.45) is 3.46. The molecule has 2 fully saturated rings. The molecule has 0 spiro atoms. The molecule has 2 aromatic rings.